The Labute approximate surface area is 79.5 Å². The van der Waals surface area contributed by atoms with Gasteiger partial charge >= 0.3 is 6.18 Å². The summed E-state index contributed by atoms with van der Waals surface area (Å²) in [5, 5.41) is 0. The number of benzene rings is 1. The van der Waals surface area contributed by atoms with Gasteiger partial charge in [-0.1, -0.05) is 0 Å². The summed E-state index contributed by atoms with van der Waals surface area (Å²) < 4.78 is 41.9. The molecule has 0 atom stereocenters. The maximum absolute atomic E-state index is 12.4. The predicted molar refractivity (Wildman–Crippen MR) is 47.1 cm³/mol. The highest BCUT2D eigenvalue weighted by atomic mass is 19.4. The molecule has 0 aliphatic carbocycles. The third-order valence-corrected chi connectivity index (χ3v) is 2.00. The van der Waals surface area contributed by atoms with E-state index in [9.17, 15) is 13.2 Å². The summed E-state index contributed by atoms with van der Waals surface area (Å²) in [5.41, 5.74) is 4.77. The SMILES string of the molecule is COc1ccc(C(F)(F)F)c(C)c1N. The molecule has 5 heteroatoms. The number of hydrogen-bond acceptors (Lipinski definition) is 2. The van der Waals surface area contributed by atoms with E-state index in [1.165, 1.54) is 20.1 Å². The van der Waals surface area contributed by atoms with Crippen LogP contribution in [0.4, 0.5) is 18.9 Å². The molecule has 0 saturated heterocycles. The van der Waals surface area contributed by atoms with E-state index in [0.29, 0.717) is 0 Å². The van der Waals surface area contributed by atoms with Gasteiger partial charge in [0.2, 0.25) is 0 Å². The van der Waals surface area contributed by atoms with Gasteiger partial charge in [0.25, 0.3) is 0 Å². The van der Waals surface area contributed by atoms with Crippen molar-refractivity contribution in [2.75, 3.05) is 12.8 Å². The summed E-state index contributed by atoms with van der Waals surface area (Å²) in [6.45, 7) is 1.32. The average molecular weight is 205 g/mol. The molecule has 0 amide bonds. The summed E-state index contributed by atoms with van der Waals surface area (Å²) in [6, 6.07) is 2.18. The molecule has 0 aliphatic rings. The first kappa shape index (κ1) is 10.7. The van der Waals surface area contributed by atoms with Crippen LogP contribution in [0.3, 0.4) is 0 Å². The molecular formula is C9H10F3NO. The third kappa shape index (κ3) is 1.76. The molecule has 1 aromatic carbocycles. The van der Waals surface area contributed by atoms with Crippen LogP contribution < -0.4 is 10.5 Å². The van der Waals surface area contributed by atoms with Crippen molar-refractivity contribution >= 4 is 5.69 Å². The van der Waals surface area contributed by atoms with E-state index in [4.69, 9.17) is 10.5 Å². The molecule has 2 nitrogen and oxygen atoms in total. The molecule has 0 bridgehead atoms. The summed E-state index contributed by atoms with van der Waals surface area (Å²) in [7, 11) is 1.36. The topological polar surface area (TPSA) is 35.2 Å². The Kier molecular flexibility index (Phi) is 2.59. The fourth-order valence-electron chi connectivity index (χ4n) is 1.19. The van der Waals surface area contributed by atoms with Gasteiger partial charge in [-0.3, -0.25) is 0 Å². The van der Waals surface area contributed by atoms with Gasteiger partial charge in [-0.2, -0.15) is 13.2 Å². The highest BCUT2D eigenvalue weighted by Crippen LogP contribution is 2.37. The van der Waals surface area contributed by atoms with Crippen LogP contribution in [0, 0.1) is 6.92 Å². The van der Waals surface area contributed by atoms with E-state index in [1.807, 2.05) is 0 Å². The van der Waals surface area contributed by atoms with Crippen LogP contribution in [0.25, 0.3) is 0 Å². The smallest absolute Gasteiger partial charge is 0.416 e. The van der Waals surface area contributed by atoms with E-state index in [-0.39, 0.29) is 17.0 Å². The number of halogens is 3. The molecule has 0 saturated carbocycles. The van der Waals surface area contributed by atoms with Gasteiger partial charge in [-0.05, 0) is 24.6 Å². The summed E-state index contributed by atoms with van der Waals surface area (Å²) in [5.74, 6) is 0.260. The number of alkyl halides is 3. The first-order chi connectivity index (χ1) is 6.38. The van der Waals surface area contributed by atoms with Crippen molar-refractivity contribution in [3.8, 4) is 5.75 Å². The van der Waals surface area contributed by atoms with Gasteiger partial charge in [0.1, 0.15) is 5.75 Å². The van der Waals surface area contributed by atoms with E-state index in [1.54, 1.807) is 0 Å². The van der Waals surface area contributed by atoms with Crippen LogP contribution in [-0.2, 0) is 6.18 Å². The largest absolute Gasteiger partial charge is 0.495 e. The van der Waals surface area contributed by atoms with Crippen molar-refractivity contribution in [3.63, 3.8) is 0 Å². The average Bonchev–Trinajstić information content (AvgIpc) is 2.07. The van der Waals surface area contributed by atoms with E-state index in [0.717, 1.165) is 6.07 Å². The molecule has 14 heavy (non-hydrogen) atoms. The van der Waals surface area contributed by atoms with Crippen molar-refractivity contribution in [1.82, 2.24) is 0 Å². The van der Waals surface area contributed by atoms with Crippen molar-refractivity contribution in [3.05, 3.63) is 23.3 Å². The number of rotatable bonds is 1. The first-order valence-electron chi connectivity index (χ1n) is 3.88. The van der Waals surface area contributed by atoms with Crippen LogP contribution >= 0.6 is 0 Å². The zero-order valence-corrected chi connectivity index (χ0v) is 7.77. The molecular weight excluding hydrogens is 195 g/mol. The van der Waals surface area contributed by atoms with Gasteiger partial charge < -0.3 is 10.5 Å². The van der Waals surface area contributed by atoms with Crippen LogP contribution in [-0.4, -0.2) is 7.11 Å². The molecule has 78 valence electrons. The van der Waals surface area contributed by atoms with Crippen LogP contribution in [0.1, 0.15) is 11.1 Å². The second-order valence-corrected chi connectivity index (χ2v) is 2.85. The molecule has 2 N–H and O–H groups in total. The Morgan fingerprint density at radius 1 is 1.29 bits per heavy atom. The Bertz CT molecular complexity index is 347. The lowest BCUT2D eigenvalue weighted by Crippen LogP contribution is -2.09. The lowest BCUT2D eigenvalue weighted by molar-refractivity contribution is -0.138. The Morgan fingerprint density at radius 3 is 2.29 bits per heavy atom. The number of hydrogen-bond donors (Lipinski definition) is 1. The quantitative estimate of drug-likeness (QED) is 0.715. The van der Waals surface area contributed by atoms with Gasteiger partial charge in [0, 0.05) is 0 Å². The minimum Gasteiger partial charge on any atom is -0.495 e. The second kappa shape index (κ2) is 3.40. The van der Waals surface area contributed by atoms with E-state index < -0.39 is 11.7 Å². The van der Waals surface area contributed by atoms with Crippen molar-refractivity contribution < 1.29 is 17.9 Å². The fraction of sp³-hybridized carbons (Fsp3) is 0.333. The highest BCUT2D eigenvalue weighted by molar-refractivity contribution is 5.61. The maximum atomic E-state index is 12.4. The monoisotopic (exact) mass is 205 g/mol. The highest BCUT2D eigenvalue weighted by Gasteiger charge is 2.33. The number of anilines is 1. The fourth-order valence-corrected chi connectivity index (χ4v) is 1.19. The second-order valence-electron chi connectivity index (χ2n) is 2.85. The predicted octanol–water partition coefficient (Wildman–Crippen LogP) is 2.60. The molecule has 0 unspecified atom stereocenters. The van der Waals surface area contributed by atoms with Gasteiger partial charge in [0.05, 0.1) is 18.4 Å². The van der Waals surface area contributed by atoms with E-state index in [2.05, 4.69) is 0 Å². The van der Waals surface area contributed by atoms with Crippen molar-refractivity contribution in [2.45, 2.75) is 13.1 Å². The standard InChI is InChI=1S/C9H10F3NO/c1-5-6(9(10,11)12)3-4-7(14-2)8(5)13/h3-4H,13H2,1-2H3. The molecule has 0 spiro atoms. The summed E-state index contributed by atoms with van der Waals surface area (Å²) >= 11 is 0. The number of ether oxygens (including phenoxy) is 1. The molecule has 0 aromatic heterocycles. The minimum absolute atomic E-state index is 0.00292. The molecule has 1 aromatic rings. The normalized spacial score (nSPS) is 11.5. The Hall–Kier alpha value is -1.39. The third-order valence-electron chi connectivity index (χ3n) is 2.00. The van der Waals surface area contributed by atoms with Gasteiger partial charge in [-0.15, -0.1) is 0 Å². The lowest BCUT2D eigenvalue weighted by atomic mass is 10.1. The molecule has 0 fully saturated rings. The van der Waals surface area contributed by atoms with E-state index >= 15 is 0 Å². The van der Waals surface area contributed by atoms with Crippen LogP contribution in [0.2, 0.25) is 0 Å². The number of methoxy groups -OCH3 is 1. The van der Waals surface area contributed by atoms with Gasteiger partial charge in [0.15, 0.2) is 0 Å². The summed E-state index contributed by atoms with van der Waals surface area (Å²) in [4.78, 5) is 0. The molecule has 1 rings (SSSR count). The minimum atomic E-state index is -4.37. The van der Waals surface area contributed by atoms with Crippen molar-refractivity contribution in [1.29, 1.82) is 0 Å². The van der Waals surface area contributed by atoms with Crippen molar-refractivity contribution in [2.24, 2.45) is 0 Å². The van der Waals surface area contributed by atoms with Crippen LogP contribution in [0.5, 0.6) is 5.75 Å². The number of nitrogens with two attached hydrogens (primary N) is 1. The Morgan fingerprint density at radius 2 is 1.86 bits per heavy atom. The van der Waals surface area contributed by atoms with Gasteiger partial charge in [-0.25, -0.2) is 0 Å². The Balaban J connectivity index is 3.31. The number of nitrogen functional groups attached to an aromatic ring is 1. The molecule has 0 radical (unpaired) electrons. The molecule has 0 aliphatic heterocycles. The zero-order chi connectivity index (χ0) is 10.9. The zero-order valence-electron chi connectivity index (χ0n) is 7.77. The summed E-state index contributed by atoms with van der Waals surface area (Å²) in [6.07, 6.45) is -4.37. The lowest BCUT2D eigenvalue weighted by Gasteiger charge is -2.14. The first-order valence-corrected chi connectivity index (χ1v) is 3.88. The van der Waals surface area contributed by atoms with Crippen LogP contribution in [0.15, 0.2) is 12.1 Å². The maximum Gasteiger partial charge on any atom is 0.416 e. The molecule has 0 heterocycles.